The molecule has 0 spiro atoms. The molecule has 0 aromatic carbocycles. The van der Waals surface area contributed by atoms with Crippen molar-refractivity contribution in [1.82, 2.24) is 20.4 Å². The molecule has 21 heavy (non-hydrogen) atoms. The van der Waals surface area contributed by atoms with Crippen molar-refractivity contribution in [1.29, 1.82) is 0 Å². The van der Waals surface area contributed by atoms with Gasteiger partial charge in [-0.3, -0.25) is 9.78 Å². The molecule has 0 aliphatic heterocycles. The van der Waals surface area contributed by atoms with Gasteiger partial charge in [0.2, 0.25) is 6.39 Å². The van der Waals surface area contributed by atoms with Crippen LogP contribution in [-0.2, 0) is 0 Å². The lowest BCUT2D eigenvalue weighted by molar-refractivity contribution is 0.0696. The number of nitrogens with zero attached hydrogens (tertiary/aromatic N) is 3. The van der Waals surface area contributed by atoms with Crippen molar-refractivity contribution in [2.45, 2.75) is 19.9 Å². The summed E-state index contributed by atoms with van der Waals surface area (Å²) in [5.41, 5.74) is 0.104. The average molecular weight is 290 g/mol. The molecule has 0 aliphatic carbocycles. The van der Waals surface area contributed by atoms with E-state index in [2.05, 4.69) is 25.0 Å². The fraction of sp³-hybridized carbons (Fsp3) is 0.308. The van der Waals surface area contributed by atoms with E-state index in [0.717, 1.165) is 0 Å². The van der Waals surface area contributed by atoms with Crippen LogP contribution in [0.1, 0.15) is 46.4 Å². The molecule has 2 heterocycles. The molecular weight excluding hydrogens is 276 g/mol. The predicted octanol–water partition coefficient (Wildman–Crippen LogP) is 1.29. The maximum atomic E-state index is 12.2. The van der Waals surface area contributed by atoms with Crippen LogP contribution in [-0.4, -0.2) is 32.1 Å². The van der Waals surface area contributed by atoms with Gasteiger partial charge in [0.1, 0.15) is 0 Å². The quantitative estimate of drug-likeness (QED) is 0.851. The van der Waals surface area contributed by atoms with Gasteiger partial charge in [0.15, 0.2) is 5.82 Å². The number of carbonyl (C=O) groups excluding carboxylic acids is 1. The number of rotatable bonds is 5. The van der Waals surface area contributed by atoms with Gasteiger partial charge in [0.05, 0.1) is 17.2 Å². The van der Waals surface area contributed by atoms with Gasteiger partial charge in [-0.05, 0) is 12.0 Å². The molecular formula is C13H14N4O4. The Labute approximate surface area is 120 Å². The van der Waals surface area contributed by atoms with E-state index in [-0.39, 0.29) is 17.0 Å². The topological polar surface area (TPSA) is 118 Å². The summed E-state index contributed by atoms with van der Waals surface area (Å²) in [6.07, 6.45) is 3.66. The predicted molar refractivity (Wildman–Crippen MR) is 70.5 cm³/mol. The van der Waals surface area contributed by atoms with Crippen LogP contribution in [0.4, 0.5) is 0 Å². The van der Waals surface area contributed by atoms with E-state index in [1.165, 1.54) is 24.9 Å². The van der Waals surface area contributed by atoms with Gasteiger partial charge >= 0.3 is 5.97 Å². The second-order valence-corrected chi connectivity index (χ2v) is 4.75. The zero-order valence-electron chi connectivity index (χ0n) is 11.5. The highest BCUT2D eigenvalue weighted by molar-refractivity contribution is 5.97. The van der Waals surface area contributed by atoms with E-state index < -0.39 is 17.9 Å². The monoisotopic (exact) mass is 290 g/mol. The summed E-state index contributed by atoms with van der Waals surface area (Å²) in [6.45, 7) is 3.79. The summed E-state index contributed by atoms with van der Waals surface area (Å²) >= 11 is 0. The lowest BCUT2D eigenvalue weighted by Crippen LogP contribution is -2.32. The number of nitrogens with one attached hydrogen (secondary N) is 1. The fourth-order valence-electron chi connectivity index (χ4n) is 1.75. The third-order valence-electron chi connectivity index (χ3n) is 2.86. The van der Waals surface area contributed by atoms with E-state index in [1.807, 2.05) is 13.8 Å². The smallest absolute Gasteiger partial charge is 0.337 e. The molecule has 0 aliphatic rings. The van der Waals surface area contributed by atoms with E-state index in [9.17, 15) is 9.59 Å². The Morgan fingerprint density at radius 1 is 1.29 bits per heavy atom. The number of hydrogen-bond acceptors (Lipinski definition) is 6. The number of aromatic nitrogens is 3. The zero-order chi connectivity index (χ0) is 15.4. The highest BCUT2D eigenvalue weighted by Crippen LogP contribution is 2.18. The molecule has 2 aromatic heterocycles. The highest BCUT2D eigenvalue weighted by Gasteiger charge is 2.23. The van der Waals surface area contributed by atoms with Gasteiger partial charge in [0, 0.05) is 12.4 Å². The van der Waals surface area contributed by atoms with Gasteiger partial charge < -0.3 is 14.9 Å². The van der Waals surface area contributed by atoms with Crippen LogP contribution in [0.5, 0.6) is 0 Å². The van der Waals surface area contributed by atoms with Crippen LogP contribution in [0.2, 0.25) is 0 Å². The molecule has 8 nitrogen and oxygen atoms in total. The van der Waals surface area contributed by atoms with Gasteiger partial charge in [0.25, 0.3) is 5.91 Å². The number of aromatic carboxylic acids is 1. The molecule has 8 heteroatoms. The molecule has 0 bridgehead atoms. The standard InChI is InChI=1S/C13H14N4O4/c1-7(2)10(11-15-6-21-17-11)16-12(18)8-3-9(13(19)20)5-14-4-8/h3-7,10H,1-2H3,(H,16,18)(H,19,20). The molecule has 110 valence electrons. The van der Waals surface area contributed by atoms with Crippen molar-refractivity contribution in [2.24, 2.45) is 5.92 Å². The van der Waals surface area contributed by atoms with Gasteiger partial charge in [-0.1, -0.05) is 19.0 Å². The molecule has 0 radical (unpaired) electrons. The average Bonchev–Trinajstić information content (AvgIpc) is 2.98. The normalized spacial score (nSPS) is 12.1. The van der Waals surface area contributed by atoms with Crippen LogP contribution >= 0.6 is 0 Å². The van der Waals surface area contributed by atoms with Crippen molar-refractivity contribution in [3.8, 4) is 0 Å². The van der Waals surface area contributed by atoms with Crippen molar-refractivity contribution in [3.63, 3.8) is 0 Å². The molecule has 0 saturated heterocycles. The summed E-state index contributed by atoms with van der Waals surface area (Å²) in [5.74, 6) is -1.20. The van der Waals surface area contributed by atoms with Gasteiger partial charge in [-0.15, -0.1) is 0 Å². The van der Waals surface area contributed by atoms with Crippen molar-refractivity contribution in [3.05, 3.63) is 41.8 Å². The molecule has 1 atom stereocenters. The number of amides is 1. The number of carbonyl (C=O) groups is 2. The van der Waals surface area contributed by atoms with Crippen molar-refractivity contribution < 1.29 is 19.2 Å². The maximum Gasteiger partial charge on any atom is 0.337 e. The Morgan fingerprint density at radius 3 is 2.57 bits per heavy atom. The summed E-state index contributed by atoms with van der Waals surface area (Å²) in [7, 11) is 0. The number of pyridine rings is 1. The first-order chi connectivity index (χ1) is 9.99. The zero-order valence-corrected chi connectivity index (χ0v) is 11.5. The Balaban J connectivity index is 2.20. The number of carboxylic acid groups (broad SMARTS) is 1. The fourth-order valence-corrected chi connectivity index (χ4v) is 1.75. The van der Waals surface area contributed by atoms with Crippen molar-refractivity contribution in [2.75, 3.05) is 0 Å². The van der Waals surface area contributed by atoms with Crippen LogP contribution < -0.4 is 5.32 Å². The molecule has 2 aromatic rings. The molecule has 1 unspecified atom stereocenters. The second kappa shape index (κ2) is 6.12. The first-order valence-electron chi connectivity index (χ1n) is 6.24. The minimum atomic E-state index is -1.14. The summed E-state index contributed by atoms with van der Waals surface area (Å²) in [5, 5.41) is 15.4. The number of hydrogen-bond donors (Lipinski definition) is 2. The molecule has 2 N–H and O–H groups in total. The van der Waals surface area contributed by atoms with Crippen LogP contribution in [0.25, 0.3) is 0 Å². The third kappa shape index (κ3) is 3.41. The van der Waals surface area contributed by atoms with Crippen LogP contribution in [0.3, 0.4) is 0 Å². The van der Waals surface area contributed by atoms with E-state index in [0.29, 0.717) is 5.82 Å². The summed E-state index contributed by atoms with van der Waals surface area (Å²) in [4.78, 5) is 30.8. The van der Waals surface area contributed by atoms with Crippen LogP contribution in [0.15, 0.2) is 29.4 Å². The number of carboxylic acids is 1. The first-order valence-corrected chi connectivity index (χ1v) is 6.24. The Bertz CT molecular complexity index is 639. The lowest BCUT2D eigenvalue weighted by Gasteiger charge is -2.18. The lowest BCUT2D eigenvalue weighted by atomic mass is 10.0. The Kier molecular flexibility index (Phi) is 4.27. The van der Waals surface area contributed by atoms with Crippen molar-refractivity contribution >= 4 is 11.9 Å². The Morgan fingerprint density at radius 2 is 2.00 bits per heavy atom. The van der Waals surface area contributed by atoms with E-state index in [4.69, 9.17) is 5.11 Å². The highest BCUT2D eigenvalue weighted by atomic mass is 16.5. The maximum absolute atomic E-state index is 12.2. The van der Waals surface area contributed by atoms with Gasteiger partial charge in [-0.2, -0.15) is 4.98 Å². The molecule has 0 fully saturated rings. The molecule has 2 rings (SSSR count). The van der Waals surface area contributed by atoms with E-state index >= 15 is 0 Å². The largest absolute Gasteiger partial charge is 0.478 e. The first kappa shape index (κ1) is 14.6. The van der Waals surface area contributed by atoms with Crippen LogP contribution in [0, 0.1) is 5.92 Å². The van der Waals surface area contributed by atoms with Gasteiger partial charge in [-0.25, -0.2) is 4.79 Å². The second-order valence-electron chi connectivity index (χ2n) is 4.75. The van der Waals surface area contributed by atoms with E-state index in [1.54, 1.807) is 0 Å². The minimum absolute atomic E-state index is 0.0298. The third-order valence-corrected chi connectivity index (χ3v) is 2.86. The SMILES string of the molecule is CC(C)C(NC(=O)c1cncc(C(=O)O)c1)c1ncon1. The summed E-state index contributed by atoms with van der Waals surface area (Å²) in [6, 6.07) is 0.822. The molecule has 0 saturated carbocycles. The minimum Gasteiger partial charge on any atom is -0.478 e. The Hall–Kier alpha value is -2.77. The summed E-state index contributed by atoms with van der Waals surface area (Å²) < 4.78 is 4.68. The molecule has 1 amide bonds.